The lowest BCUT2D eigenvalue weighted by Gasteiger charge is -2.16. The molecule has 3 nitrogen and oxygen atoms in total. The number of fused-ring (bicyclic) bond motifs is 1. The van der Waals surface area contributed by atoms with Crippen molar-refractivity contribution < 1.29 is 9.53 Å². The van der Waals surface area contributed by atoms with E-state index in [1.807, 2.05) is 19.1 Å². The van der Waals surface area contributed by atoms with Crippen molar-refractivity contribution in [1.29, 1.82) is 0 Å². The molecule has 0 bridgehead atoms. The summed E-state index contributed by atoms with van der Waals surface area (Å²) in [6.45, 7) is 2.48. The number of halogens is 1. The van der Waals surface area contributed by atoms with E-state index in [1.54, 1.807) is 12.1 Å². The van der Waals surface area contributed by atoms with Gasteiger partial charge in [0.15, 0.2) is 0 Å². The smallest absolute Gasteiger partial charge is 0.226 e. The Labute approximate surface area is 111 Å². The summed E-state index contributed by atoms with van der Waals surface area (Å²) in [5.74, 6) is 1.62. The largest absolute Gasteiger partial charge is 0.489 e. The Morgan fingerprint density at radius 2 is 2.33 bits per heavy atom. The molecule has 1 N–H and O–H groups in total. The molecule has 4 heteroatoms. The van der Waals surface area contributed by atoms with Gasteiger partial charge in [-0.05, 0) is 43.9 Å². The fraction of sp³-hybridized carbons (Fsp3) is 0.500. The number of benzene rings is 1. The van der Waals surface area contributed by atoms with Crippen LogP contribution < -0.4 is 10.1 Å². The molecule has 0 spiro atoms. The average molecular weight is 266 g/mol. The third kappa shape index (κ3) is 2.19. The van der Waals surface area contributed by atoms with Gasteiger partial charge in [-0.2, -0.15) is 0 Å². The number of ether oxygens (including phenoxy) is 1. The van der Waals surface area contributed by atoms with Crippen molar-refractivity contribution >= 4 is 17.5 Å². The highest BCUT2D eigenvalue weighted by Gasteiger charge is 2.74. The molecular formula is C14H16ClNO2. The Hall–Kier alpha value is -1.22. The molecule has 0 aliphatic heterocycles. The lowest BCUT2D eigenvalue weighted by Crippen LogP contribution is -2.36. The van der Waals surface area contributed by atoms with Crippen molar-refractivity contribution in [2.45, 2.75) is 25.9 Å². The first kappa shape index (κ1) is 11.8. The minimum Gasteiger partial charge on any atom is -0.489 e. The van der Waals surface area contributed by atoms with Gasteiger partial charge in [-0.1, -0.05) is 17.7 Å². The standard InChI is InChI=1S/C14H16ClNO2/c1-9(18-12-4-2-3-11(15)5-12)8-16-13(17)14-6-10(14)7-14/h2-5,9-10H,6-8H2,1H3,(H,16,17). The maximum absolute atomic E-state index is 11.8. The number of rotatable bonds is 5. The molecule has 0 aromatic heterocycles. The van der Waals surface area contributed by atoms with Gasteiger partial charge in [0.05, 0.1) is 12.0 Å². The normalized spacial score (nSPS) is 29.1. The molecule has 2 aliphatic rings. The number of hydrogen-bond donors (Lipinski definition) is 1. The van der Waals surface area contributed by atoms with Crippen molar-refractivity contribution in [2.24, 2.45) is 11.3 Å². The van der Waals surface area contributed by atoms with Gasteiger partial charge in [0.25, 0.3) is 0 Å². The summed E-state index contributed by atoms with van der Waals surface area (Å²) in [6.07, 6.45) is 2.12. The first-order valence-corrected chi connectivity index (χ1v) is 6.68. The van der Waals surface area contributed by atoms with Crippen LogP contribution in [0.2, 0.25) is 5.02 Å². The summed E-state index contributed by atoms with van der Waals surface area (Å²) in [4.78, 5) is 11.8. The van der Waals surface area contributed by atoms with Crippen LogP contribution in [0.4, 0.5) is 0 Å². The second-order valence-corrected chi connectivity index (χ2v) is 5.79. The van der Waals surface area contributed by atoms with E-state index in [0.717, 1.165) is 18.6 Å². The summed E-state index contributed by atoms with van der Waals surface area (Å²) in [7, 11) is 0. The fourth-order valence-electron chi connectivity index (χ4n) is 2.30. The monoisotopic (exact) mass is 265 g/mol. The summed E-state index contributed by atoms with van der Waals surface area (Å²) < 4.78 is 5.69. The third-order valence-corrected chi connectivity index (χ3v) is 4.05. The lowest BCUT2D eigenvalue weighted by atomic mass is 10.2. The fourth-order valence-corrected chi connectivity index (χ4v) is 2.48. The molecule has 18 heavy (non-hydrogen) atoms. The zero-order valence-corrected chi connectivity index (χ0v) is 11.0. The SMILES string of the molecule is CC(CNC(=O)C12CC1C2)Oc1cccc(Cl)c1. The van der Waals surface area contributed by atoms with Gasteiger partial charge >= 0.3 is 0 Å². The maximum Gasteiger partial charge on any atom is 0.226 e. The summed E-state index contributed by atoms with van der Waals surface area (Å²) >= 11 is 5.88. The molecule has 1 unspecified atom stereocenters. The van der Waals surface area contributed by atoms with Crippen LogP contribution >= 0.6 is 11.6 Å². The van der Waals surface area contributed by atoms with Gasteiger partial charge in [-0.3, -0.25) is 4.79 Å². The van der Waals surface area contributed by atoms with Gasteiger partial charge in [-0.15, -0.1) is 0 Å². The van der Waals surface area contributed by atoms with Crippen LogP contribution in [0.25, 0.3) is 0 Å². The van der Waals surface area contributed by atoms with E-state index in [-0.39, 0.29) is 17.4 Å². The van der Waals surface area contributed by atoms with Crippen LogP contribution in [0.5, 0.6) is 5.75 Å². The number of carbonyl (C=O) groups excluding carboxylic acids is 1. The van der Waals surface area contributed by atoms with Gasteiger partial charge in [0.1, 0.15) is 11.9 Å². The van der Waals surface area contributed by atoms with Crippen LogP contribution in [0, 0.1) is 11.3 Å². The van der Waals surface area contributed by atoms with Gasteiger partial charge < -0.3 is 10.1 Å². The lowest BCUT2D eigenvalue weighted by molar-refractivity contribution is -0.124. The quantitative estimate of drug-likeness (QED) is 0.889. The number of nitrogens with one attached hydrogen (secondary N) is 1. The minimum absolute atomic E-state index is 0.0375. The van der Waals surface area contributed by atoms with E-state index in [1.165, 1.54) is 0 Å². The molecule has 0 saturated heterocycles. The van der Waals surface area contributed by atoms with E-state index in [2.05, 4.69) is 5.32 Å². The second-order valence-electron chi connectivity index (χ2n) is 5.36. The Bertz CT molecular complexity index is 482. The van der Waals surface area contributed by atoms with Crippen molar-refractivity contribution in [3.63, 3.8) is 0 Å². The topological polar surface area (TPSA) is 38.3 Å². The van der Waals surface area contributed by atoms with E-state index in [9.17, 15) is 4.79 Å². The number of carbonyl (C=O) groups is 1. The van der Waals surface area contributed by atoms with Crippen LogP contribution in [0.15, 0.2) is 24.3 Å². The molecule has 1 amide bonds. The highest BCUT2D eigenvalue weighted by Crippen LogP contribution is 2.75. The first-order chi connectivity index (χ1) is 8.60. The average Bonchev–Trinajstić information content (AvgIpc) is 3.14. The molecule has 2 aliphatic carbocycles. The van der Waals surface area contributed by atoms with E-state index in [4.69, 9.17) is 16.3 Å². The minimum atomic E-state index is -0.0558. The Balaban J connectivity index is 1.46. The van der Waals surface area contributed by atoms with Crippen LogP contribution in [0.1, 0.15) is 19.8 Å². The van der Waals surface area contributed by atoms with Crippen LogP contribution in [-0.4, -0.2) is 18.6 Å². The first-order valence-electron chi connectivity index (χ1n) is 6.31. The van der Waals surface area contributed by atoms with Crippen molar-refractivity contribution in [3.05, 3.63) is 29.3 Å². The number of hydrogen-bond acceptors (Lipinski definition) is 2. The van der Waals surface area contributed by atoms with E-state index in [0.29, 0.717) is 17.5 Å². The zero-order chi connectivity index (χ0) is 12.8. The van der Waals surface area contributed by atoms with E-state index >= 15 is 0 Å². The van der Waals surface area contributed by atoms with Crippen LogP contribution in [-0.2, 0) is 4.79 Å². The summed E-state index contributed by atoms with van der Waals surface area (Å²) in [5.41, 5.74) is 0.0375. The molecule has 1 aromatic rings. The maximum atomic E-state index is 11.8. The second kappa shape index (κ2) is 4.16. The highest BCUT2D eigenvalue weighted by molar-refractivity contribution is 6.30. The predicted molar refractivity (Wildman–Crippen MR) is 69.7 cm³/mol. The van der Waals surface area contributed by atoms with Gasteiger partial charge in [0.2, 0.25) is 5.91 Å². The molecule has 1 atom stereocenters. The Kier molecular flexibility index (Phi) is 2.74. The Morgan fingerprint density at radius 1 is 1.61 bits per heavy atom. The predicted octanol–water partition coefficient (Wildman–Crippen LogP) is 2.63. The molecule has 2 saturated carbocycles. The van der Waals surface area contributed by atoms with Crippen molar-refractivity contribution in [1.82, 2.24) is 5.32 Å². The Morgan fingerprint density at radius 3 is 2.94 bits per heavy atom. The highest BCUT2D eigenvalue weighted by atomic mass is 35.5. The molecule has 96 valence electrons. The van der Waals surface area contributed by atoms with E-state index < -0.39 is 0 Å². The van der Waals surface area contributed by atoms with Crippen LogP contribution in [0.3, 0.4) is 0 Å². The molecule has 0 heterocycles. The van der Waals surface area contributed by atoms with Gasteiger partial charge in [0, 0.05) is 5.02 Å². The van der Waals surface area contributed by atoms with Crippen molar-refractivity contribution in [2.75, 3.05) is 6.54 Å². The molecule has 2 fully saturated rings. The molecule has 3 rings (SSSR count). The molecule has 1 aromatic carbocycles. The van der Waals surface area contributed by atoms with Crippen molar-refractivity contribution in [3.8, 4) is 5.75 Å². The third-order valence-electron chi connectivity index (χ3n) is 3.82. The molecule has 0 radical (unpaired) electrons. The molecular weight excluding hydrogens is 250 g/mol. The summed E-state index contributed by atoms with van der Waals surface area (Å²) in [6, 6.07) is 7.29. The zero-order valence-electron chi connectivity index (χ0n) is 10.3. The summed E-state index contributed by atoms with van der Waals surface area (Å²) in [5, 5.41) is 3.62. The van der Waals surface area contributed by atoms with Gasteiger partial charge in [-0.25, -0.2) is 0 Å². The number of amides is 1.